The normalized spacial score (nSPS) is 13.2. The minimum atomic E-state index is -0.155. The average molecular weight is 173 g/mol. The van der Waals surface area contributed by atoms with Crippen LogP contribution in [0.4, 0.5) is 0 Å². The third kappa shape index (κ3) is 6.00. The van der Waals surface area contributed by atoms with E-state index in [1.165, 1.54) is 5.01 Å². The lowest BCUT2D eigenvalue weighted by atomic mass is 9.97. The first-order chi connectivity index (χ1) is 5.35. The van der Waals surface area contributed by atoms with Crippen molar-refractivity contribution in [2.24, 2.45) is 17.0 Å². The zero-order valence-electron chi connectivity index (χ0n) is 8.04. The third-order valence-corrected chi connectivity index (χ3v) is 1.17. The molecule has 0 atom stereocenters. The molecule has 0 bridgehead atoms. The molecule has 72 valence electrons. The molecule has 4 nitrogen and oxygen atoms in total. The Hall–Kier alpha value is -0.740. The Labute approximate surface area is 73.8 Å². The summed E-state index contributed by atoms with van der Waals surface area (Å²) in [5, 5.41) is 10.1. The number of hydrogen-bond acceptors (Lipinski definition) is 4. The Balaban J connectivity index is 3.97. The second kappa shape index (κ2) is 4.33. The maximum absolute atomic E-state index is 8.61. The first-order valence-corrected chi connectivity index (χ1v) is 3.93. The van der Waals surface area contributed by atoms with Gasteiger partial charge >= 0.3 is 0 Å². The first-order valence-electron chi connectivity index (χ1n) is 3.93. The molecule has 0 unspecified atom stereocenters. The van der Waals surface area contributed by atoms with Crippen LogP contribution in [0, 0.1) is 5.41 Å². The van der Waals surface area contributed by atoms with Gasteiger partial charge in [0.05, 0.1) is 12.3 Å². The number of hydrazine groups is 1. The Morgan fingerprint density at radius 2 is 2.00 bits per heavy atom. The SMILES string of the molecule is CC(C)(C)CN(N)/C=C(\N)CO. The summed E-state index contributed by atoms with van der Waals surface area (Å²) < 4.78 is 0. The lowest BCUT2D eigenvalue weighted by Gasteiger charge is -2.25. The predicted octanol–water partition coefficient (Wildman–Crippen LogP) is 0.000600. The molecule has 0 saturated heterocycles. The summed E-state index contributed by atoms with van der Waals surface area (Å²) in [5.74, 6) is 5.60. The van der Waals surface area contributed by atoms with Crippen molar-refractivity contribution >= 4 is 0 Å². The van der Waals surface area contributed by atoms with Crippen molar-refractivity contribution in [2.75, 3.05) is 13.2 Å². The van der Waals surface area contributed by atoms with Crippen LogP contribution < -0.4 is 11.6 Å². The van der Waals surface area contributed by atoms with E-state index in [0.29, 0.717) is 12.2 Å². The van der Waals surface area contributed by atoms with Crippen LogP contribution in [0.1, 0.15) is 20.8 Å². The molecule has 0 aromatic heterocycles. The molecule has 0 radical (unpaired) electrons. The minimum absolute atomic E-state index is 0.126. The van der Waals surface area contributed by atoms with Crippen molar-refractivity contribution in [2.45, 2.75) is 20.8 Å². The largest absolute Gasteiger partial charge is 0.399 e. The number of aliphatic hydroxyl groups excluding tert-OH is 1. The highest BCUT2D eigenvalue weighted by Gasteiger charge is 2.11. The van der Waals surface area contributed by atoms with E-state index in [9.17, 15) is 0 Å². The van der Waals surface area contributed by atoms with Crippen LogP contribution in [0.2, 0.25) is 0 Å². The molecule has 0 fully saturated rings. The second-order valence-electron chi connectivity index (χ2n) is 4.10. The fraction of sp³-hybridized carbons (Fsp3) is 0.750. The van der Waals surface area contributed by atoms with Gasteiger partial charge in [0.25, 0.3) is 0 Å². The molecule has 0 heterocycles. The topological polar surface area (TPSA) is 75.5 Å². The molecule has 12 heavy (non-hydrogen) atoms. The Kier molecular flexibility index (Phi) is 4.06. The molecular formula is C8H19N3O. The highest BCUT2D eigenvalue weighted by atomic mass is 16.3. The van der Waals surface area contributed by atoms with Crippen LogP contribution in [0.25, 0.3) is 0 Å². The summed E-state index contributed by atoms with van der Waals surface area (Å²) in [5.41, 5.74) is 5.88. The van der Waals surface area contributed by atoms with Gasteiger partial charge in [-0.3, -0.25) is 0 Å². The monoisotopic (exact) mass is 173 g/mol. The lowest BCUT2D eigenvalue weighted by molar-refractivity contribution is 0.250. The average Bonchev–Trinajstić information content (AvgIpc) is 1.82. The molecule has 0 rings (SSSR count). The molecule has 5 N–H and O–H groups in total. The van der Waals surface area contributed by atoms with E-state index < -0.39 is 0 Å². The van der Waals surface area contributed by atoms with Crippen LogP contribution in [-0.2, 0) is 0 Å². The molecular weight excluding hydrogens is 154 g/mol. The van der Waals surface area contributed by atoms with E-state index >= 15 is 0 Å². The number of nitrogens with two attached hydrogens (primary N) is 2. The van der Waals surface area contributed by atoms with Gasteiger partial charge in [-0.15, -0.1) is 0 Å². The summed E-state index contributed by atoms with van der Waals surface area (Å²) in [4.78, 5) is 0. The molecule has 0 aliphatic heterocycles. The van der Waals surface area contributed by atoms with Gasteiger partial charge in [-0.1, -0.05) is 20.8 Å². The van der Waals surface area contributed by atoms with Crippen molar-refractivity contribution in [3.05, 3.63) is 11.9 Å². The summed E-state index contributed by atoms with van der Waals surface area (Å²) in [7, 11) is 0. The van der Waals surface area contributed by atoms with E-state index in [1.54, 1.807) is 6.20 Å². The van der Waals surface area contributed by atoms with Crippen molar-refractivity contribution in [3.63, 3.8) is 0 Å². The van der Waals surface area contributed by atoms with E-state index in [2.05, 4.69) is 20.8 Å². The standard InChI is InChI=1S/C8H19N3O/c1-8(2,3)6-11(10)4-7(9)5-12/h4,12H,5-6,9-10H2,1-3H3/b7-4-. The summed E-state index contributed by atoms with van der Waals surface area (Å²) in [6.07, 6.45) is 1.55. The lowest BCUT2D eigenvalue weighted by Crippen LogP contribution is -2.34. The molecule has 0 aliphatic carbocycles. The molecule has 0 saturated carbocycles. The molecule has 0 amide bonds. The fourth-order valence-corrected chi connectivity index (χ4v) is 0.847. The minimum Gasteiger partial charge on any atom is -0.399 e. The van der Waals surface area contributed by atoms with Crippen LogP contribution in [-0.4, -0.2) is 23.3 Å². The van der Waals surface area contributed by atoms with Crippen molar-refractivity contribution in [1.82, 2.24) is 5.01 Å². The van der Waals surface area contributed by atoms with Gasteiger partial charge in [0.15, 0.2) is 0 Å². The summed E-state index contributed by atoms with van der Waals surface area (Å²) >= 11 is 0. The Bertz CT molecular complexity index is 160. The van der Waals surface area contributed by atoms with Gasteiger partial charge < -0.3 is 15.8 Å². The van der Waals surface area contributed by atoms with E-state index in [1.807, 2.05) is 0 Å². The highest BCUT2D eigenvalue weighted by molar-refractivity contribution is 4.94. The first kappa shape index (κ1) is 11.3. The quantitative estimate of drug-likeness (QED) is 0.415. The third-order valence-electron chi connectivity index (χ3n) is 1.17. The molecule has 0 aromatic rings. The molecule has 0 aliphatic rings. The van der Waals surface area contributed by atoms with Crippen LogP contribution in [0.15, 0.2) is 11.9 Å². The van der Waals surface area contributed by atoms with E-state index in [-0.39, 0.29) is 12.0 Å². The van der Waals surface area contributed by atoms with Gasteiger partial charge in [0.2, 0.25) is 0 Å². The van der Waals surface area contributed by atoms with E-state index in [4.69, 9.17) is 16.7 Å². The molecule has 4 heteroatoms. The van der Waals surface area contributed by atoms with Gasteiger partial charge in [-0.25, -0.2) is 5.84 Å². The van der Waals surface area contributed by atoms with Crippen LogP contribution in [0.3, 0.4) is 0 Å². The van der Waals surface area contributed by atoms with Crippen molar-refractivity contribution in [3.8, 4) is 0 Å². The second-order valence-corrected chi connectivity index (χ2v) is 4.10. The zero-order chi connectivity index (χ0) is 9.78. The molecule has 0 aromatic carbocycles. The number of rotatable bonds is 3. The van der Waals surface area contributed by atoms with Gasteiger partial charge in [0, 0.05) is 12.7 Å². The summed E-state index contributed by atoms with van der Waals surface area (Å²) in [6.45, 7) is 6.78. The Morgan fingerprint density at radius 3 is 2.33 bits per heavy atom. The van der Waals surface area contributed by atoms with Crippen molar-refractivity contribution in [1.29, 1.82) is 0 Å². The number of hydrogen-bond donors (Lipinski definition) is 3. The Morgan fingerprint density at radius 1 is 1.50 bits per heavy atom. The van der Waals surface area contributed by atoms with E-state index in [0.717, 1.165) is 0 Å². The zero-order valence-corrected chi connectivity index (χ0v) is 8.04. The highest BCUT2D eigenvalue weighted by Crippen LogP contribution is 2.13. The van der Waals surface area contributed by atoms with Gasteiger partial charge in [0.1, 0.15) is 0 Å². The van der Waals surface area contributed by atoms with Crippen LogP contribution >= 0.6 is 0 Å². The van der Waals surface area contributed by atoms with Crippen molar-refractivity contribution < 1.29 is 5.11 Å². The molecule has 0 spiro atoms. The number of aliphatic hydroxyl groups is 1. The van der Waals surface area contributed by atoms with Gasteiger partial charge in [-0.2, -0.15) is 0 Å². The van der Waals surface area contributed by atoms with Gasteiger partial charge in [-0.05, 0) is 5.41 Å². The summed E-state index contributed by atoms with van der Waals surface area (Å²) in [6, 6.07) is 0. The predicted molar refractivity (Wildman–Crippen MR) is 49.7 cm³/mol. The fourth-order valence-electron chi connectivity index (χ4n) is 0.847. The maximum Gasteiger partial charge on any atom is 0.0840 e. The van der Waals surface area contributed by atoms with Crippen LogP contribution in [0.5, 0.6) is 0 Å². The number of nitrogens with zero attached hydrogens (tertiary/aromatic N) is 1. The smallest absolute Gasteiger partial charge is 0.0840 e. The maximum atomic E-state index is 8.61.